The van der Waals surface area contributed by atoms with Crippen molar-refractivity contribution < 1.29 is 23.4 Å². The highest BCUT2D eigenvalue weighted by molar-refractivity contribution is 6.31. The van der Waals surface area contributed by atoms with Crippen molar-refractivity contribution in [1.82, 2.24) is 4.98 Å². The van der Waals surface area contributed by atoms with Gasteiger partial charge in [0, 0.05) is 33.5 Å². The number of carboxylic acids is 1. The summed E-state index contributed by atoms with van der Waals surface area (Å²) in [5.41, 5.74) is 2.96. The maximum atomic E-state index is 14.7. The van der Waals surface area contributed by atoms with Crippen LogP contribution >= 0.6 is 11.6 Å². The van der Waals surface area contributed by atoms with Gasteiger partial charge in [-0.2, -0.15) is 0 Å². The average Bonchev–Trinajstić information content (AvgIpc) is 3.00. The number of carbonyl (C=O) groups is 1. The number of carboxylic acid groups (broad SMARTS) is 1. The van der Waals surface area contributed by atoms with Crippen LogP contribution in [0.2, 0.25) is 5.02 Å². The van der Waals surface area contributed by atoms with Gasteiger partial charge in [-0.05, 0) is 42.5 Å². The van der Waals surface area contributed by atoms with Crippen molar-refractivity contribution in [2.45, 2.75) is 6.54 Å². The largest absolute Gasteiger partial charge is 0.496 e. The molecule has 2 N–H and O–H groups in total. The molecule has 1 aliphatic heterocycles. The Morgan fingerprint density at radius 3 is 2.53 bits per heavy atom. The number of rotatable bonds is 5. The predicted molar refractivity (Wildman–Crippen MR) is 134 cm³/mol. The second-order valence-electron chi connectivity index (χ2n) is 8.00. The van der Waals surface area contributed by atoms with Crippen LogP contribution in [0.5, 0.6) is 5.75 Å². The summed E-state index contributed by atoms with van der Waals surface area (Å²) in [4.78, 5) is 20.7. The molecule has 2 heterocycles. The molecule has 4 aromatic rings. The summed E-state index contributed by atoms with van der Waals surface area (Å²) in [5, 5.41) is 12.8. The highest BCUT2D eigenvalue weighted by Crippen LogP contribution is 2.35. The van der Waals surface area contributed by atoms with Gasteiger partial charge in [-0.15, -0.1) is 0 Å². The number of hydrogen-bond acceptors (Lipinski definition) is 5. The third-order valence-corrected chi connectivity index (χ3v) is 6.02. The van der Waals surface area contributed by atoms with Gasteiger partial charge in [0.15, 0.2) is 0 Å². The number of methoxy groups -OCH3 is 1. The molecule has 0 amide bonds. The molecule has 1 aromatic heterocycles. The zero-order valence-electron chi connectivity index (χ0n) is 18.8. The second-order valence-corrected chi connectivity index (χ2v) is 8.44. The Bertz CT molecular complexity index is 1540. The summed E-state index contributed by atoms with van der Waals surface area (Å²) < 4.78 is 34.6. The van der Waals surface area contributed by atoms with E-state index in [1.54, 1.807) is 36.4 Å². The van der Waals surface area contributed by atoms with Crippen molar-refractivity contribution in [3.8, 4) is 17.0 Å². The Morgan fingerprint density at radius 1 is 1.03 bits per heavy atom. The lowest BCUT2D eigenvalue weighted by Crippen LogP contribution is -2.10. The normalized spacial score (nSPS) is 12.2. The van der Waals surface area contributed by atoms with Gasteiger partial charge >= 0.3 is 5.97 Å². The minimum atomic E-state index is -1.10. The minimum absolute atomic E-state index is 0.0359. The number of halogens is 3. The molecule has 3 aromatic carbocycles. The maximum Gasteiger partial charge on any atom is 0.339 e. The zero-order valence-corrected chi connectivity index (χ0v) is 19.6. The highest BCUT2D eigenvalue weighted by Gasteiger charge is 2.25. The third kappa shape index (κ3) is 4.27. The summed E-state index contributed by atoms with van der Waals surface area (Å²) >= 11 is 6.26. The van der Waals surface area contributed by atoms with E-state index in [4.69, 9.17) is 21.3 Å². The molecule has 0 atom stereocenters. The Hall–Kier alpha value is -4.30. The molecule has 36 heavy (non-hydrogen) atoms. The molecule has 1 aliphatic rings. The summed E-state index contributed by atoms with van der Waals surface area (Å²) in [7, 11) is 1.39. The third-order valence-electron chi connectivity index (χ3n) is 5.78. The maximum absolute atomic E-state index is 14.7. The first-order valence-corrected chi connectivity index (χ1v) is 11.2. The van der Waals surface area contributed by atoms with E-state index in [9.17, 15) is 18.7 Å². The van der Waals surface area contributed by atoms with Crippen LogP contribution in [0.3, 0.4) is 0 Å². The number of nitrogens with one attached hydrogen (secondary N) is 1. The monoisotopic (exact) mass is 505 g/mol. The smallest absolute Gasteiger partial charge is 0.339 e. The number of ether oxygens (including phenoxy) is 1. The van der Waals surface area contributed by atoms with Crippen LogP contribution in [-0.2, 0) is 6.54 Å². The fourth-order valence-corrected chi connectivity index (χ4v) is 4.29. The number of hydrogen-bond donors (Lipinski definition) is 2. The van der Waals surface area contributed by atoms with Crippen LogP contribution in [0, 0.1) is 11.6 Å². The molecule has 0 fully saturated rings. The number of aromatic carboxylic acids is 1. The molecule has 0 aliphatic carbocycles. The van der Waals surface area contributed by atoms with Gasteiger partial charge in [0.2, 0.25) is 0 Å². The van der Waals surface area contributed by atoms with E-state index in [-0.39, 0.29) is 29.1 Å². The SMILES string of the molecule is COc1cc(Nc2ccc3c(n2)-c2ccc(Cl)cc2C(c2c(F)cccc2F)=NC3)ccc1C(=O)O. The first-order valence-electron chi connectivity index (χ1n) is 10.8. The fraction of sp³-hybridized carbons (Fsp3) is 0.0741. The van der Waals surface area contributed by atoms with E-state index in [0.717, 1.165) is 5.56 Å². The summed E-state index contributed by atoms with van der Waals surface area (Å²) in [6.07, 6.45) is 0. The fourth-order valence-electron chi connectivity index (χ4n) is 4.12. The minimum Gasteiger partial charge on any atom is -0.496 e. The lowest BCUT2D eigenvalue weighted by Gasteiger charge is -2.14. The summed E-state index contributed by atoms with van der Waals surface area (Å²) in [5.74, 6) is -1.87. The molecule has 0 saturated heterocycles. The standard InChI is InChI=1S/C27H18ClF2N3O3/c1-36-22-12-16(7-9-18(22)27(34)35)32-23-10-5-14-13-31-26(24-20(29)3-2-4-21(24)30)19-11-15(28)6-8-17(19)25(14)33-23/h2-12H,13H2,1H3,(H,32,33)(H,34,35). The van der Waals surface area contributed by atoms with Crippen molar-refractivity contribution in [2.75, 3.05) is 12.4 Å². The quantitative estimate of drug-likeness (QED) is 0.324. The van der Waals surface area contributed by atoms with Gasteiger partial charge in [0.05, 0.1) is 30.6 Å². The van der Waals surface area contributed by atoms with Crippen molar-refractivity contribution in [3.05, 3.63) is 106 Å². The molecule has 5 rings (SSSR count). The van der Waals surface area contributed by atoms with E-state index < -0.39 is 17.6 Å². The lowest BCUT2D eigenvalue weighted by molar-refractivity contribution is 0.0693. The van der Waals surface area contributed by atoms with Crippen LogP contribution in [0.15, 0.2) is 71.7 Å². The van der Waals surface area contributed by atoms with Crippen LogP contribution < -0.4 is 10.1 Å². The second kappa shape index (κ2) is 9.39. The topological polar surface area (TPSA) is 83.8 Å². The van der Waals surface area contributed by atoms with Gasteiger partial charge in [-0.25, -0.2) is 18.6 Å². The molecule has 0 bridgehead atoms. The van der Waals surface area contributed by atoms with Crippen LogP contribution in [0.25, 0.3) is 11.3 Å². The number of pyridine rings is 1. The van der Waals surface area contributed by atoms with Crippen molar-refractivity contribution in [2.24, 2.45) is 4.99 Å². The molecular formula is C27H18ClF2N3O3. The number of aromatic nitrogens is 1. The van der Waals surface area contributed by atoms with Crippen LogP contribution in [-0.4, -0.2) is 28.9 Å². The van der Waals surface area contributed by atoms with Crippen LogP contribution in [0.4, 0.5) is 20.3 Å². The number of benzene rings is 3. The van der Waals surface area contributed by atoms with E-state index in [0.29, 0.717) is 33.3 Å². The Labute approximate surface area is 209 Å². The van der Waals surface area contributed by atoms with Crippen molar-refractivity contribution >= 4 is 34.8 Å². The molecule has 180 valence electrons. The molecule has 6 nitrogen and oxygen atoms in total. The highest BCUT2D eigenvalue weighted by atomic mass is 35.5. The van der Waals surface area contributed by atoms with Gasteiger partial charge in [-0.3, -0.25) is 4.99 Å². The molecule has 0 unspecified atom stereocenters. The molecular weight excluding hydrogens is 488 g/mol. The van der Waals surface area contributed by atoms with Gasteiger partial charge in [0.1, 0.15) is 28.8 Å². The Balaban J connectivity index is 1.59. The van der Waals surface area contributed by atoms with E-state index in [2.05, 4.69) is 10.3 Å². The zero-order chi connectivity index (χ0) is 25.4. The number of aliphatic imine (C=N–C) groups is 1. The summed E-state index contributed by atoms with van der Waals surface area (Å²) in [6.45, 7) is 0.152. The first kappa shape index (κ1) is 23.4. The molecule has 0 radical (unpaired) electrons. The van der Waals surface area contributed by atoms with E-state index in [1.807, 2.05) is 6.07 Å². The molecule has 0 spiro atoms. The van der Waals surface area contributed by atoms with E-state index >= 15 is 0 Å². The van der Waals surface area contributed by atoms with Crippen molar-refractivity contribution in [3.63, 3.8) is 0 Å². The Kier molecular flexibility index (Phi) is 6.12. The predicted octanol–water partition coefficient (Wildman–Crippen LogP) is 6.48. The van der Waals surface area contributed by atoms with Gasteiger partial charge < -0.3 is 15.2 Å². The van der Waals surface area contributed by atoms with Gasteiger partial charge in [-0.1, -0.05) is 29.8 Å². The number of nitrogens with zero attached hydrogens (tertiary/aromatic N) is 2. The van der Waals surface area contributed by atoms with E-state index in [1.165, 1.54) is 31.4 Å². The number of fused-ring (bicyclic) bond motifs is 3. The first-order chi connectivity index (χ1) is 17.4. The number of anilines is 2. The van der Waals surface area contributed by atoms with Crippen LogP contribution in [0.1, 0.15) is 27.0 Å². The molecule has 0 saturated carbocycles. The average molecular weight is 506 g/mol. The Morgan fingerprint density at radius 2 is 1.81 bits per heavy atom. The van der Waals surface area contributed by atoms with Gasteiger partial charge in [0.25, 0.3) is 0 Å². The molecule has 9 heteroatoms. The summed E-state index contributed by atoms with van der Waals surface area (Å²) in [6, 6.07) is 16.9. The van der Waals surface area contributed by atoms with Crippen molar-refractivity contribution in [1.29, 1.82) is 0 Å². The lowest BCUT2D eigenvalue weighted by atomic mass is 9.94.